The molecular formula is C18H10ClNO3. The van der Waals surface area contributed by atoms with Gasteiger partial charge in [-0.15, -0.1) is 0 Å². The van der Waals surface area contributed by atoms with Crippen molar-refractivity contribution in [2.75, 3.05) is 0 Å². The molecule has 0 saturated carbocycles. The van der Waals surface area contributed by atoms with Gasteiger partial charge in [0.2, 0.25) is 0 Å². The molecule has 0 atom stereocenters. The molecule has 3 aromatic carbocycles. The molecule has 3 aromatic rings. The van der Waals surface area contributed by atoms with Gasteiger partial charge in [0.15, 0.2) is 5.78 Å². The molecule has 0 unspecified atom stereocenters. The van der Waals surface area contributed by atoms with Crippen LogP contribution in [-0.4, -0.2) is 10.7 Å². The Balaban J connectivity index is 2.36. The Morgan fingerprint density at radius 1 is 1.00 bits per heavy atom. The molecule has 5 heteroatoms. The number of benzene rings is 3. The fourth-order valence-electron chi connectivity index (χ4n) is 3.34. The Labute approximate surface area is 136 Å². The fourth-order valence-corrected chi connectivity index (χ4v) is 3.59. The second-order valence-electron chi connectivity index (χ2n) is 5.52. The van der Waals surface area contributed by atoms with Gasteiger partial charge in [-0.05, 0) is 6.92 Å². The summed E-state index contributed by atoms with van der Waals surface area (Å²) < 4.78 is 0. The molecule has 0 amide bonds. The molecule has 0 radical (unpaired) electrons. The van der Waals surface area contributed by atoms with E-state index in [1.54, 1.807) is 49.4 Å². The molecular weight excluding hydrogens is 314 g/mol. The molecule has 0 N–H and O–H groups in total. The molecule has 0 heterocycles. The smallest absolute Gasteiger partial charge is 0.282 e. The van der Waals surface area contributed by atoms with E-state index in [-0.39, 0.29) is 11.5 Å². The highest BCUT2D eigenvalue weighted by Gasteiger charge is 2.33. The van der Waals surface area contributed by atoms with Crippen LogP contribution in [-0.2, 0) is 0 Å². The minimum Gasteiger partial charge on any atom is -0.289 e. The van der Waals surface area contributed by atoms with Crippen LogP contribution in [0.2, 0.25) is 5.02 Å². The second-order valence-corrected chi connectivity index (χ2v) is 5.90. The van der Waals surface area contributed by atoms with E-state index in [4.69, 9.17) is 11.6 Å². The lowest BCUT2D eigenvalue weighted by Crippen LogP contribution is -2.12. The summed E-state index contributed by atoms with van der Waals surface area (Å²) in [6, 6.07) is 12.2. The lowest BCUT2D eigenvalue weighted by Gasteiger charge is -2.21. The minimum absolute atomic E-state index is 0.0325. The number of nitro groups is 1. The number of hydrogen-bond acceptors (Lipinski definition) is 3. The Hall–Kier alpha value is -2.72. The molecule has 23 heavy (non-hydrogen) atoms. The zero-order valence-corrected chi connectivity index (χ0v) is 12.8. The predicted molar refractivity (Wildman–Crippen MR) is 89.2 cm³/mol. The number of nitrogens with zero attached hydrogens (tertiary/aromatic N) is 1. The number of rotatable bonds is 1. The highest BCUT2D eigenvalue weighted by Crippen LogP contribution is 2.48. The van der Waals surface area contributed by atoms with Crippen molar-refractivity contribution < 1.29 is 9.72 Å². The number of carbonyl (C=O) groups is 1. The zero-order chi connectivity index (χ0) is 16.3. The highest BCUT2D eigenvalue weighted by molar-refractivity contribution is 6.39. The van der Waals surface area contributed by atoms with Crippen LogP contribution in [0.15, 0.2) is 42.5 Å². The molecule has 4 nitrogen and oxygen atoms in total. The van der Waals surface area contributed by atoms with Crippen LogP contribution in [0.3, 0.4) is 0 Å². The minimum atomic E-state index is -0.417. The number of halogens is 1. The Bertz CT molecular complexity index is 1040. The Morgan fingerprint density at radius 3 is 2.35 bits per heavy atom. The molecule has 0 saturated heterocycles. The molecule has 4 rings (SSSR count). The maximum Gasteiger partial charge on any atom is 0.282 e. The van der Waals surface area contributed by atoms with Gasteiger partial charge in [0.05, 0.1) is 15.5 Å². The van der Waals surface area contributed by atoms with E-state index in [1.165, 1.54) is 0 Å². The maximum absolute atomic E-state index is 12.8. The fraction of sp³-hybridized carbons (Fsp3) is 0.0556. The van der Waals surface area contributed by atoms with Crippen LogP contribution in [0, 0.1) is 17.0 Å². The summed E-state index contributed by atoms with van der Waals surface area (Å²) in [4.78, 5) is 24.0. The molecule has 0 bridgehead atoms. The van der Waals surface area contributed by atoms with Crippen LogP contribution in [0.5, 0.6) is 0 Å². The topological polar surface area (TPSA) is 60.2 Å². The van der Waals surface area contributed by atoms with Crippen LogP contribution in [0.25, 0.3) is 21.9 Å². The maximum atomic E-state index is 12.8. The van der Waals surface area contributed by atoms with Crippen molar-refractivity contribution in [2.45, 2.75) is 6.92 Å². The van der Waals surface area contributed by atoms with Crippen molar-refractivity contribution in [1.82, 2.24) is 0 Å². The molecule has 1 aliphatic carbocycles. The summed E-state index contributed by atoms with van der Waals surface area (Å²) in [6.07, 6.45) is 0. The van der Waals surface area contributed by atoms with Crippen LogP contribution < -0.4 is 0 Å². The van der Waals surface area contributed by atoms with Gasteiger partial charge in [0.25, 0.3) is 5.69 Å². The first kappa shape index (κ1) is 13.9. The Morgan fingerprint density at radius 2 is 1.65 bits per heavy atom. The number of nitro benzene ring substituents is 1. The first-order valence-corrected chi connectivity index (χ1v) is 7.43. The third kappa shape index (κ3) is 1.69. The molecule has 0 spiro atoms. The lowest BCUT2D eigenvalue weighted by atomic mass is 9.81. The van der Waals surface area contributed by atoms with Crippen LogP contribution in [0.1, 0.15) is 21.5 Å². The van der Waals surface area contributed by atoms with E-state index in [0.29, 0.717) is 43.6 Å². The summed E-state index contributed by atoms with van der Waals surface area (Å²) >= 11 is 6.36. The lowest BCUT2D eigenvalue weighted by molar-refractivity contribution is -0.384. The van der Waals surface area contributed by atoms with Crippen molar-refractivity contribution in [3.63, 3.8) is 0 Å². The van der Waals surface area contributed by atoms with Crippen LogP contribution >= 0.6 is 11.6 Å². The quantitative estimate of drug-likeness (QED) is 0.369. The van der Waals surface area contributed by atoms with Gasteiger partial charge in [0.1, 0.15) is 0 Å². The van der Waals surface area contributed by atoms with E-state index >= 15 is 0 Å². The van der Waals surface area contributed by atoms with Gasteiger partial charge in [-0.25, -0.2) is 0 Å². The van der Waals surface area contributed by atoms with E-state index in [0.717, 1.165) is 0 Å². The monoisotopic (exact) mass is 323 g/mol. The molecule has 0 aliphatic heterocycles. The van der Waals surface area contributed by atoms with Gasteiger partial charge in [0, 0.05) is 33.0 Å². The summed E-state index contributed by atoms with van der Waals surface area (Å²) in [5.41, 5.74) is 2.40. The number of fused-ring (bicyclic) bond motifs is 2. The first-order chi connectivity index (χ1) is 11.0. The van der Waals surface area contributed by atoms with Crippen molar-refractivity contribution in [3.05, 3.63) is 74.3 Å². The molecule has 0 aromatic heterocycles. The largest absolute Gasteiger partial charge is 0.289 e. The van der Waals surface area contributed by atoms with E-state index in [9.17, 15) is 14.9 Å². The first-order valence-electron chi connectivity index (χ1n) is 7.05. The molecule has 112 valence electrons. The summed E-state index contributed by atoms with van der Waals surface area (Å²) in [6.45, 7) is 1.64. The third-order valence-electron chi connectivity index (χ3n) is 4.34. The third-order valence-corrected chi connectivity index (χ3v) is 4.83. The zero-order valence-electron chi connectivity index (χ0n) is 12.1. The van der Waals surface area contributed by atoms with Crippen molar-refractivity contribution >= 4 is 33.8 Å². The van der Waals surface area contributed by atoms with Crippen molar-refractivity contribution in [3.8, 4) is 11.1 Å². The normalized spacial score (nSPS) is 12.3. The van der Waals surface area contributed by atoms with Gasteiger partial charge >= 0.3 is 0 Å². The van der Waals surface area contributed by atoms with E-state index in [2.05, 4.69) is 0 Å². The van der Waals surface area contributed by atoms with Crippen molar-refractivity contribution in [2.24, 2.45) is 0 Å². The van der Waals surface area contributed by atoms with Gasteiger partial charge in [-0.2, -0.15) is 0 Å². The van der Waals surface area contributed by atoms with Crippen molar-refractivity contribution in [1.29, 1.82) is 0 Å². The number of ketones is 1. The highest BCUT2D eigenvalue weighted by atomic mass is 35.5. The summed E-state index contributed by atoms with van der Waals surface area (Å²) in [7, 11) is 0. The predicted octanol–water partition coefficient (Wildman–Crippen LogP) is 4.92. The van der Waals surface area contributed by atoms with Gasteiger partial charge in [-0.3, -0.25) is 14.9 Å². The Kier molecular flexibility index (Phi) is 2.80. The number of hydrogen-bond donors (Lipinski definition) is 0. The van der Waals surface area contributed by atoms with Gasteiger partial charge in [-0.1, -0.05) is 54.1 Å². The summed E-state index contributed by atoms with van der Waals surface area (Å²) in [5.74, 6) is -0.132. The molecule has 0 fully saturated rings. The van der Waals surface area contributed by atoms with Crippen LogP contribution in [0.4, 0.5) is 5.69 Å². The number of carbonyl (C=O) groups excluding carboxylic acids is 1. The SMILES string of the molecule is Cc1c([N+](=O)[O-])c2c3c(cccc3c1Cl)C(=O)c1ccccc1-2. The second kappa shape index (κ2) is 4.64. The van der Waals surface area contributed by atoms with E-state index < -0.39 is 4.92 Å². The standard InChI is InChI=1S/C18H10ClNO3/c1-9-16(19)12-7-4-8-13-14(12)15(17(9)20(22)23)10-5-2-3-6-11(10)18(13)21/h2-8H,1H3. The molecule has 1 aliphatic rings. The average molecular weight is 324 g/mol. The summed E-state index contributed by atoms with van der Waals surface area (Å²) in [5, 5.41) is 13.2. The average Bonchev–Trinajstić information content (AvgIpc) is 2.55. The van der Waals surface area contributed by atoms with E-state index in [1.807, 2.05) is 0 Å². The van der Waals surface area contributed by atoms with Gasteiger partial charge < -0.3 is 0 Å².